The van der Waals surface area contributed by atoms with E-state index < -0.39 is 0 Å². The number of aryl methyl sites for hydroxylation is 1. The number of ether oxygens (including phenoxy) is 1. The SMILES string of the molecule is CCCC(=O)c1n[nH]c(C)c1CCC(=O)OCC. The number of aromatic nitrogens is 2. The van der Waals surface area contributed by atoms with E-state index in [4.69, 9.17) is 4.74 Å². The first-order valence-electron chi connectivity index (χ1n) is 6.32. The van der Waals surface area contributed by atoms with Gasteiger partial charge in [0.2, 0.25) is 0 Å². The Kier molecular flexibility index (Phi) is 5.55. The van der Waals surface area contributed by atoms with Gasteiger partial charge in [0.05, 0.1) is 6.61 Å². The van der Waals surface area contributed by atoms with Crippen LogP contribution in [0.1, 0.15) is 54.9 Å². The minimum atomic E-state index is -0.244. The topological polar surface area (TPSA) is 72.0 Å². The summed E-state index contributed by atoms with van der Waals surface area (Å²) >= 11 is 0. The van der Waals surface area contributed by atoms with Gasteiger partial charge in [-0.25, -0.2) is 0 Å². The van der Waals surface area contributed by atoms with E-state index in [1.807, 2.05) is 13.8 Å². The quantitative estimate of drug-likeness (QED) is 0.596. The van der Waals surface area contributed by atoms with Crippen molar-refractivity contribution in [3.63, 3.8) is 0 Å². The lowest BCUT2D eigenvalue weighted by Gasteiger charge is -2.03. The molecule has 5 heteroatoms. The van der Waals surface area contributed by atoms with Gasteiger partial charge < -0.3 is 4.74 Å². The van der Waals surface area contributed by atoms with Crippen molar-refractivity contribution < 1.29 is 14.3 Å². The van der Waals surface area contributed by atoms with E-state index in [0.29, 0.717) is 25.1 Å². The predicted octanol–water partition coefficient (Wildman–Crippen LogP) is 2.20. The fraction of sp³-hybridized carbons (Fsp3) is 0.615. The second-order valence-electron chi connectivity index (χ2n) is 4.15. The third-order valence-electron chi connectivity index (χ3n) is 2.70. The third kappa shape index (κ3) is 3.68. The van der Waals surface area contributed by atoms with Crippen molar-refractivity contribution in [1.82, 2.24) is 10.2 Å². The molecule has 1 aromatic rings. The molecule has 0 fully saturated rings. The number of hydrogen-bond donors (Lipinski definition) is 1. The minimum absolute atomic E-state index is 0.0284. The van der Waals surface area contributed by atoms with Gasteiger partial charge in [-0.15, -0.1) is 0 Å². The molecule has 0 saturated carbocycles. The predicted molar refractivity (Wildman–Crippen MR) is 67.5 cm³/mol. The second-order valence-corrected chi connectivity index (χ2v) is 4.15. The summed E-state index contributed by atoms with van der Waals surface area (Å²) in [6, 6.07) is 0. The van der Waals surface area contributed by atoms with Gasteiger partial charge in [0.15, 0.2) is 5.78 Å². The molecule has 5 nitrogen and oxygen atoms in total. The summed E-state index contributed by atoms with van der Waals surface area (Å²) in [5, 5.41) is 6.84. The molecule has 0 aliphatic rings. The van der Waals surface area contributed by atoms with Crippen molar-refractivity contribution in [2.75, 3.05) is 6.61 Å². The highest BCUT2D eigenvalue weighted by Crippen LogP contribution is 2.15. The van der Waals surface area contributed by atoms with Gasteiger partial charge >= 0.3 is 5.97 Å². The fourth-order valence-electron chi connectivity index (χ4n) is 1.79. The van der Waals surface area contributed by atoms with Gasteiger partial charge in [-0.05, 0) is 26.7 Å². The third-order valence-corrected chi connectivity index (χ3v) is 2.70. The Balaban J connectivity index is 2.72. The molecule has 100 valence electrons. The van der Waals surface area contributed by atoms with Crippen LogP contribution in [0.25, 0.3) is 0 Å². The molecule has 0 amide bonds. The number of ketones is 1. The lowest BCUT2D eigenvalue weighted by atomic mass is 10.0. The highest BCUT2D eigenvalue weighted by Gasteiger charge is 2.17. The average Bonchev–Trinajstić information content (AvgIpc) is 2.69. The van der Waals surface area contributed by atoms with Crippen molar-refractivity contribution in [3.8, 4) is 0 Å². The largest absolute Gasteiger partial charge is 0.466 e. The lowest BCUT2D eigenvalue weighted by Crippen LogP contribution is -2.08. The Labute approximate surface area is 107 Å². The fourth-order valence-corrected chi connectivity index (χ4v) is 1.79. The van der Waals surface area contributed by atoms with Crippen molar-refractivity contribution >= 4 is 11.8 Å². The first kappa shape index (κ1) is 14.4. The normalized spacial score (nSPS) is 10.4. The molecule has 0 radical (unpaired) electrons. The Morgan fingerprint density at radius 3 is 2.61 bits per heavy atom. The van der Waals surface area contributed by atoms with Crippen LogP contribution in [-0.2, 0) is 16.0 Å². The highest BCUT2D eigenvalue weighted by molar-refractivity contribution is 5.95. The first-order valence-corrected chi connectivity index (χ1v) is 6.32. The van der Waals surface area contributed by atoms with Gasteiger partial charge in [-0.3, -0.25) is 14.7 Å². The molecule has 18 heavy (non-hydrogen) atoms. The number of H-pyrrole nitrogens is 1. The Morgan fingerprint density at radius 2 is 2.00 bits per heavy atom. The van der Waals surface area contributed by atoms with E-state index >= 15 is 0 Å². The van der Waals surface area contributed by atoms with Gasteiger partial charge in [-0.2, -0.15) is 5.10 Å². The van der Waals surface area contributed by atoms with E-state index in [2.05, 4.69) is 10.2 Å². The molecule has 0 bridgehead atoms. The standard InChI is InChI=1S/C13H20N2O3/c1-4-6-11(16)13-10(9(3)14-15-13)7-8-12(17)18-5-2/h4-8H2,1-3H3,(H,14,15). The van der Waals surface area contributed by atoms with Crippen LogP contribution in [0.2, 0.25) is 0 Å². The van der Waals surface area contributed by atoms with Crippen molar-refractivity contribution in [2.45, 2.75) is 46.5 Å². The monoisotopic (exact) mass is 252 g/mol. The Hall–Kier alpha value is -1.65. The molecule has 0 spiro atoms. The Morgan fingerprint density at radius 1 is 1.28 bits per heavy atom. The van der Waals surface area contributed by atoms with Crippen LogP contribution in [0, 0.1) is 6.92 Å². The molecule has 1 aromatic heterocycles. The number of carbonyl (C=O) groups is 2. The van der Waals surface area contributed by atoms with Crippen LogP contribution in [-0.4, -0.2) is 28.6 Å². The molecular weight excluding hydrogens is 232 g/mol. The molecule has 0 aliphatic carbocycles. The first-order chi connectivity index (χ1) is 8.60. The number of Topliss-reactive ketones (excluding diaryl/α,β-unsaturated/α-hetero) is 1. The number of aromatic amines is 1. The smallest absolute Gasteiger partial charge is 0.306 e. The van der Waals surface area contributed by atoms with E-state index in [1.165, 1.54) is 0 Å². The summed E-state index contributed by atoms with van der Waals surface area (Å²) in [7, 11) is 0. The zero-order valence-corrected chi connectivity index (χ0v) is 11.2. The number of nitrogens with zero attached hydrogens (tertiary/aromatic N) is 1. The summed E-state index contributed by atoms with van der Waals surface area (Å²) < 4.78 is 4.87. The minimum Gasteiger partial charge on any atom is -0.466 e. The number of nitrogens with one attached hydrogen (secondary N) is 1. The lowest BCUT2D eigenvalue weighted by molar-refractivity contribution is -0.143. The van der Waals surface area contributed by atoms with E-state index in [-0.39, 0.29) is 18.2 Å². The summed E-state index contributed by atoms with van der Waals surface area (Å²) in [6.07, 6.45) is 2.05. The summed E-state index contributed by atoms with van der Waals surface area (Å²) in [5.74, 6) is -0.215. The zero-order valence-electron chi connectivity index (χ0n) is 11.2. The van der Waals surface area contributed by atoms with Crippen LogP contribution in [0.15, 0.2) is 0 Å². The number of hydrogen-bond acceptors (Lipinski definition) is 4. The summed E-state index contributed by atoms with van der Waals surface area (Å²) in [6.45, 7) is 5.97. The van der Waals surface area contributed by atoms with Crippen LogP contribution < -0.4 is 0 Å². The van der Waals surface area contributed by atoms with E-state index in [9.17, 15) is 9.59 Å². The summed E-state index contributed by atoms with van der Waals surface area (Å²) in [5.41, 5.74) is 2.15. The average molecular weight is 252 g/mol. The maximum atomic E-state index is 11.9. The van der Waals surface area contributed by atoms with Crippen LogP contribution in [0.3, 0.4) is 0 Å². The van der Waals surface area contributed by atoms with Gasteiger partial charge in [0, 0.05) is 24.1 Å². The van der Waals surface area contributed by atoms with E-state index in [1.54, 1.807) is 6.92 Å². The number of carbonyl (C=O) groups excluding carboxylic acids is 2. The second kappa shape index (κ2) is 6.93. The zero-order chi connectivity index (χ0) is 13.5. The molecule has 0 saturated heterocycles. The van der Waals surface area contributed by atoms with Crippen LogP contribution in [0.5, 0.6) is 0 Å². The Bertz CT molecular complexity index is 424. The van der Waals surface area contributed by atoms with Crippen molar-refractivity contribution in [1.29, 1.82) is 0 Å². The maximum Gasteiger partial charge on any atom is 0.306 e. The highest BCUT2D eigenvalue weighted by atomic mass is 16.5. The van der Waals surface area contributed by atoms with Crippen molar-refractivity contribution in [2.24, 2.45) is 0 Å². The van der Waals surface area contributed by atoms with Crippen molar-refractivity contribution in [3.05, 3.63) is 17.0 Å². The molecule has 1 rings (SSSR count). The maximum absolute atomic E-state index is 11.9. The van der Waals surface area contributed by atoms with Gasteiger partial charge in [-0.1, -0.05) is 6.92 Å². The molecule has 0 atom stereocenters. The van der Waals surface area contributed by atoms with Crippen LogP contribution >= 0.6 is 0 Å². The molecular formula is C13H20N2O3. The summed E-state index contributed by atoms with van der Waals surface area (Å²) in [4.78, 5) is 23.2. The van der Waals surface area contributed by atoms with Crippen LogP contribution in [0.4, 0.5) is 0 Å². The van der Waals surface area contributed by atoms with E-state index in [0.717, 1.165) is 17.7 Å². The number of rotatable bonds is 7. The van der Waals surface area contributed by atoms with Gasteiger partial charge in [0.25, 0.3) is 0 Å². The molecule has 1 heterocycles. The molecule has 0 aromatic carbocycles. The number of esters is 1. The molecule has 1 N–H and O–H groups in total. The van der Waals surface area contributed by atoms with Gasteiger partial charge in [0.1, 0.15) is 5.69 Å². The molecule has 0 aliphatic heterocycles. The molecule has 0 unspecified atom stereocenters.